The quantitative estimate of drug-likeness (QED) is 0.336. The smallest absolute Gasteiger partial charge is 0.227 e. The summed E-state index contributed by atoms with van der Waals surface area (Å²) in [5.74, 6) is -1.42. The molecule has 158 valence electrons. The number of halogens is 1. The largest absolute Gasteiger partial charge is 0.502 e. The van der Waals surface area contributed by atoms with Crippen LogP contribution in [-0.4, -0.2) is 24.9 Å². The molecule has 0 spiro atoms. The van der Waals surface area contributed by atoms with Crippen molar-refractivity contribution in [3.05, 3.63) is 72.2 Å². The number of hydrogen-bond donors (Lipinski definition) is 1. The molecule has 29 heavy (non-hydrogen) atoms. The molecule has 0 aliphatic rings. The van der Waals surface area contributed by atoms with Crippen LogP contribution in [0, 0.1) is 10.1 Å². The molecular weight excluding hydrogens is 458 g/mol. The Bertz CT molecular complexity index is 951. The lowest BCUT2D eigenvalue weighted by Crippen LogP contribution is -2.40. The first-order valence-corrected chi connectivity index (χ1v) is 12.9. The van der Waals surface area contributed by atoms with Gasteiger partial charge in [0.25, 0.3) is 0 Å². The molecule has 0 bridgehead atoms. The van der Waals surface area contributed by atoms with Crippen LogP contribution in [-0.2, 0) is 11.0 Å². The van der Waals surface area contributed by atoms with Crippen molar-refractivity contribution in [3.8, 4) is 5.75 Å². The maximum Gasteiger partial charge on any atom is 0.227 e. The van der Waals surface area contributed by atoms with Crippen LogP contribution < -0.4 is 5.43 Å². The molecule has 0 saturated carbocycles. The van der Waals surface area contributed by atoms with Gasteiger partial charge < -0.3 is 13.9 Å². The van der Waals surface area contributed by atoms with E-state index in [1.807, 2.05) is 0 Å². The fourth-order valence-electron chi connectivity index (χ4n) is 2.54. The first kappa shape index (κ1) is 23.3. The monoisotopic (exact) mass is 483 g/mol. The minimum absolute atomic E-state index is 0.0302. The Morgan fingerprint density at radius 3 is 2.52 bits per heavy atom. The first-order valence-electron chi connectivity index (χ1n) is 9.19. The third-order valence-corrected chi connectivity index (χ3v) is 10.3. The molecule has 0 radical (unpaired) electrons. The minimum atomic E-state index is -2.10. The van der Waals surface area contributed by atoms with Gasteiger partial charge in [-0.3, -0.25) is 14.9 Å². The normalized spacial score (nSPS) is 13.3. The van der Waals surface area contributed by atoms with Gasteiger partial charge in [-0.05, 0) is 35.8 Å². The molecule has 1 heterocycles. The zero-order chi connectivity index (χ0) is 22.0. The molecule has 0 saturated heterocycles. The van der Waals surface area contributed by atoms with Gasteiger partial charge in [-0.25, -0.2) is 0 Å². The van der Waals surface area contributed by atoms with E-state index < -0.39 is 36.9 Å². The predicted molar refractivity (Wildman–Crippen MR) is 116 cm³/mol. The van der Waals surface area contributed by atoms with Gasteiger partial charge in [0.1, 0.15) is 11.7 Å². The summed E-state index contributed by atoms with van der Waals surface area (Å²) in [4.78, 5) is 23.1. The summed E-state index contributed by atoms with van der Waals surface area (Å²) in [6.07, 6.45) is 0. The van der Waals surface area contributed by atoms with Gasteiger partial charge in [0.2, 0.25) is 17.7 Å². The molecule has 2 rings (SSSR count). The summed E-state index contributed by atoms with van der Waals surface area (Å²) >= 11 is 3.34. The number of rotatable bonds is 7. The van der Waals surface area contributed by atoms with E-state index >= 15 is 0 Å². The Morgan fingerprint density at radius 1 is 1.31 bits per heavy atom. The van der Waals surface area contributed by atoms with Gasteiger partial charge in [0, 0.05) is 15.5 Å². The van der Waals surface area contributed by atoms with Gasteiger partial charge in [-0.2, -0.15) is 0 Å². The van der Waals surface area contributed by atoms with E-state index in [1.54, 1.807) is 24.3 Å². The molecule has 0 aliphatic carbocycles. The highest BCUT2D eigenvalue weighted by Gasteiger charge is 2.37. The number of nitrogens with zero attached hydrogens (tertiary/aromatic N) is 1. The summed E-state index contributed by atoms with van der Waals surface area (Å²) in [5.41, 5.74) is -0.0968. The summed E-state index contributed by atoms with van der Waals surface area (Å²) in [7, 11) is -2.10. The fourth-order valence-corrected chi connectivity index (χ4v) is 3.90. The van der Waals surface area contributed by atoms with E-state index in [0.29, 0.717) is 5.56 Å². The van der Waals surface area contributed by atoms with Crippen LogP contribution in [0.25, 0.3) is 0 Å². The van der Waals surface area contributed by atoms with Crippen molar-refractivity contribution >= 4 is 24.2 Å². The van der Waals surface area contributed by atoms with Crippen molar-refractivity contribution in [2.24, 2.45) is 0 Å². The van der Waals surface area contributed by atoms with Crippen molar-refractivity contribution in [2.75, 3.05) is 6.54 Å². The third-order valence-electron chi connectivity index (χ3n) is 5.28. The standard InChI is InChI=1S/C20H26BrNO6Si/c1-20(2,3)29(4,5)27-12-15-10-17(23)18(24)19(28-15)16(11-22(25)26)13-7-6-8-14(21)9-13/h6-10,16,24H,11-12H2,1-5H3. The zero-order valence-corrected chi connectivity index (χ0v) is 19.8. The van der Waals surface area contributed by atoms with E-state index in [2.05, 4.69) is 49.8 Å². The molecule has 1 aromatic heterocycles. The molecule has 1 N–H and O–H groups in total. The number of nitro groups is 1. The Kier molecular flexibility index (Phi) is 7.08. The van der Waals surface area contributed by atoms with Crippen LogP contribution in [0.1, 0.15) is 43.8 Å². The van der Waals surface area contributed by atoms with Crippen molar-refractivity contribution in [1.29, 1.82) is 0 Å². The number of hydrogen-bond acceptors (Lipinski definition) is 6. The maximum atomic E-state index is 12.3. The van der Waals surface area contributed by atoms with Crippen LogP contribution in [0.4, 0.5) is 0 Å². The fraction of sp³-hybridized carbons (Fsp3) is 0.450. The predicted octanol–water partition coefficient (Wildman–Crippen LogP) is 5.04. The Labute approximate surface area is 179 Å². The summed E-state index contributed by atoms with van der Waals surface area (Å²) in [5, 5.41) is 21.6. The molecule has 9 heteroatoms. The van der Waals surface area contributed by atoms with Crippen LogP contribution in [0.2, 0.25) is 18.1 Å². The van der Waals surface area contributed by atoms with Gasteiger partial charge in [-0.1, -0.05) is 48.8 Å². The molecule has 1 atom stereocenters. The third kappa shape index (κ3) is 5.77. The van der Waals surface area contributed by atoms with E-state index in [1.165, 1.54) is 6.07 Å². The van der Waals surface area contributed by atoms with Gasteiger partial charge in [0.05, 0.1) is 6.61 Å². The number of benzene rings is 1. The molecule has 1 aromatic carbocycles. The van der Waals surface area contributed by atoms with E-state index in [4.69, 9.17) is 8.84 Å². The van der Waals surface area contributed by atoms with Crippen LogP contribution in [0.3, 0.4) is 0 Å². The topological polar surface area (TPSA) is 103 Å². The summed E-state index contributed by atoms with van der Waals surface area (Å²) < 4.78 is 12.6. The van der Waals surface area contributed by atoms with Crippen LogP contribution in [0.5, 0.6) is 5.75 Å². The van der Waals surface area contributed by atoms with Gasteiger partial charge in [-0.15, -0.1) is 0 Å². The SMILES string of the molecule is CC(C)(C)[Si](C)(C)OCc1cc(=O)c(O)c(C(C[N+](=O)[O-])c2cccc(Br)c2)o1. The van der Waals surface area contributed by atoms with E-state index in [-0.39, 0.29) is 23.2 Å². The first-order chi connectivity index (χ1) is 13.3. The lowest BCUT2D eigenvalue weighted by atomic mass is 9.95. The Morgan fingerprint density at radius 2 is 1.97 bits per heavy atom. The number of aromatic hydroxyl groups is 1. The molecule has 0 aliphatic heterocycles. The second kappa shape index (κ2) is 8.81. The summed E-state index contributed by atoms with van der Waals surface area (Å²) in [6.45, 7) is 9.96. The van der Waals surface area contributed by atoms with Gasteiger partial charge in [0.15, 0.2) is 14.1 Å². The highest BCUT2D eigenvalue weighted by atomic mass is 79.9. The molecule has 0 amide bonds. The Hall–Kier alpha value is -1.97. The zero-order valence-electron chi connectivity index (χ0n) is 17.2. The van der Waals surface area contributed by atoms with Gasteiger partial charge >= 0.3 is 0 Å². The average Bonchev–Trinajstić information content (AvgIpc) is 2.59. The van der Waals surface area contributed by atoms with Crippen molar-refractivity contribution < 1.29 is 18.9 Å². The van der Waals surface area contributed by atoms with Crippen LogP contribution in [0.15, 0.2) is 44.0 Å². The second-order valence-electron chi connectivity index (χ2n) is 8.46. The Balaban J connectivity index is 2.47. The minimum Gasteiger partial charge on any atom is -0.502 e. The van der Waals surface area contributed by atoms with Crippen LogP contribution >= 0.6 is 15.9 Å². The van der Waals surface area contributed by atoms with E-state index in [0.717, 1.165) is 4.47 Å². The van der Waals surface area contributed by atoms with Crippen molar-refractivity contribution in [2.45, 2.75) is 51.4 Å². The lowest BCUT2D eigenvalue weighted by molar-refractivity contribution is -0.482. The van der Waals surface area contributed by atoms with Crippen molar-refractivity contribution in [1.82, 2.24) is 0 Å². The molecule has 2 aromatic rings. The highest BCUT2D eigenvalue weighted by molar-refractivity contribution is 9.10. The molecule has 7 nitrogen and oxygen atoms in total. The maximum absolute atomic E-state index is 12.3. The van der Waals surface area contributed by atoms with Crippen molar-refractivity contribution in [3.63, 3.8) is 0 Å². The molecule has 0 fully saturated rings. The highest BCUT2D eigenvalue weighted by Crippen LogP contribution is 2.37. The average molecular weight is 484 g/mol. The van der Waals surface area contributed by atoms with E-state index in [9.17, 15) is 20.0 Å². The summed E-state index contributed by atoms with van der Waals surface area (Å²) in [6, 6.07) is 8.08. The second-order valence-corrected chi connectivity index (χ2v) is 14.2. The molecule has 1 unspecified atom stereocenters. The molecular formula is C20H26BrNO6Si. The lowest BCUT2D eigenvalue weighted by Gasteiger charge is -2.35.